The van der Waals surface area contributed by atoms with Gasteiger partial charge in [0.2, 0.25) is 0 Å². The van der Waals surface area contributed by atoms with Crippen LogP contribution >= 0.6 is 0 Å². The molecule has 0 radical (unpaired) electrons. The van der Waals surface area contributed by atoms with Crippen molar-refractivity contribution in [1.29, 1.82) is 0 Å². The quantitative estimate of drug-likeness (QED) is 0.149. The normalized spacial score (nSPS) is 16.5. The Labute approximate surface area is 385 Å². The molecule has 0 saturated heterocycles. The standard InChI is InChI=1S/C64H43NO/c1-2-5-21-46(20-4-1)64(47-22-6-3-7-23-47)58-31-13-10-25-52(58)53-41-40-49(42-59(53)64)65(48-38-36-44(37-39-48)51-28-17-30-57-55-27-12-15-33-61(55)66-63(51)57)60-32-14-11-26-54(60)56-29-16-19-45-35-34-43-18-8-9-24-50(43)62(45)56/h1-4,6-11,13-26,28-39,42H,5,40-41H2. The van der Waals surface area contributed by atoms with Crippen LogP contribution in [-0.4, -0.2) is 0 Å². The van der Waals surface area contributed by atoms with Gasteiger partial charge in [-0.25, -0.2) is 0 Å². The van der Waals surface area contributed by atoms with Gasteiger partial charge in [0.1, 0.15) is 11.2 Å². The number of anilines is 2. The van der Waals surface area contributed by atoms with E-state index in [1.54, 1.807) is 0 Å². The molecule has 1 atom stereocenters. The van der Waals surface area contributed by atoms with E-state index in [1.807, 2.05) is 12.1 Å². The van der Waals surface area contributed by atoms with Crippen molar-refractivity contribution in [3.05, 3.63) is 270 Å². The maximum Gasteiger partial charge on any atom is 0.144 e. The summed E-state index contributed by atoms with van der Waals surface area (Å²) >= 11 is 0. The Morgan fingerprint density at radius 1 is 0.576 bits per heavy atom. The fourth-order valence-corrected chi connectivity index (χ4v) is 11.3. The molecule has 0 fully saturated rings. The molecule has 1 unspecified atom stereocenters. The minimum absolute atomic E-state index is 0.495. The van der Waals surface area contributed by atoms with Gasteiger partial charge < -0.3 is 9.32 Å². The maximum absolute atomic E-state index is 6.50. The first-order chi connectivity index (χ1) is 32.8. The molecule has 2 nitrogen and oxygen atoms in total. The molecule has 3 aliphatic rings. The number of fused-ring (bicyclic) bond motifs is 8. The Morgan fingerprint density at radius 2 is 1.32 bits per heavy atom. The van der Waals surface area contributed by atoms with Crippen LogP contribution in [0, 0.1) is 12.1 Å². The number of rotatable bonds is 7. The minimum atomic E-state index is -0.495. The van der Waals surface area contributed by atoms with Crippen molar-refractivity contribution in [2.24, 2.45) is 0 Å². The van der Waals surface area contributed by atoms with Crippen molar-refractivity contribution in [3.8, 4) is 22.3 Å². The van der Waals surface area contributed by atoms with Gasteiger partial charge in [-0.3, -0.25) is 0 Å². The van der Waals surface area contributed by atoms with E-state index in [-0.39, 0.29) is 0 Å². The van der Waals surface area contributed by atoms with E-state index in [0.717, 1.165) is 63.7 Å². The van der Waals surface area contributed by atoms with E-state index >= 15 is 0 Å². The summed E-state index contributed by atoms with van der Waals surface area (Å²) in [6.45, 7) is 0. The molecule has 66 heavy (non-hydrogen) atoms. The molecule has 0 amide bonds. The highest BCUT2D eigenvalue weighted by Gasteiger charge is 2.48. The highest BCUT2D eigenvalue weighted by atomic mass is 16.3. The van der Waals surface area contributed by atoms with Crippen LogP contribution in [0.3, 0.4) is 0 Å². The summed E-state index contributed by atoms with van der Waals surface area (Å²) in [5.74, 6) is 0. The Kier molecular flexibility index (Phi) is 8.90. The molecule has 0 bridgehead atoms. The Bertz CT molecular complexity index is 3730. The average Bonchev–Trinajstić information content (AvgIpc) is 3.76. The molecule has 1 aromatic heterocycles. The van der Waals surface area contributed by atoms with Gasteiger partial charge in [-0.15, -0.1) is 0 Å². The van der Waals surface area contributed by atoms with Crippen LogP contribution < -0.4 is 4.90 Å². The fourth-order valence-electron chi connectivity index (χ4n) is 11.3. The maximum atomic E-state index is 6.50. The Balaban J connectivity index is 1.05. The van der Waals surface area contributed by atoms with Gasteiger partial charge in [0.15, 0.2) is 0 Å². The number of nitrogens with zero attached hydrogens (tertiary/aromatic N) is 1. The predicted molar refractivity (Wildman–Crippen MR) is 275 cm³/mol. The molecule has 0 N–H and O–H groups in total. The van der Waals surface area contributed by atoms with Crippen LogP contribution in [0.25, 0.3) is 71.3 Å². The van der Waals surface area contributed by atoms with Crippen molar-refractivity contribution < 1.29 is 4.42 Å². The van der Waals surface area contributed by atoms with Gasteiger partial charge in [0.05, 0.1) is 16.5 Å². The molecule has 2 heteroatoms. The monoisotopic (exact) mass is 841 g/mol. The van der Waals surface area contributed by atoms with Crippen molar-refractivity contribution >= 4 is 60.4 Å². The number of furan rings is 1. The van der Waals surface area contributed by atoms with Gasteiger partial charge in [-0.1, -0.05) is 194 Å². The second-order valence-corrected chi connectivity index (χ2v) is 17.6. The van der Waals surface area contributed by atoms with Gasteiger partial charge in [0, 0.05) is 27.9 Å². The van der Waals surface area contributed by atoms with Crippen LogP contribution in [0.4, 0.5) is 11.4 Å². The molecular weight excluding hydrogens is 799 g/mol. The lowest BCUT2D eigenvalue weighted by molar-refractivity contribution is 0.670. The number of hydrogen-bond donors (Lipinski definition) is 0. The van der Waals surface area contributed by atoms with Crippen LogP contribution in [0.2, 0.25) is 0 Å². The van der Waals surface area contributed by atoms with E-state index in [4.69, 9.17) is 4.42 Å². The predicted octanol–water partition coefficient (Wildman–Crippen LogP) is 16.8. The van der Waals surface area contributed by atoms with E-state index in [9.17, 15) is 0 Å². The zero-order valence-electron chi connectivity index (χ0n) is 36.3. The molecule has 0 aliphatic heterocycles. The molecule has 0 saturated carbocycles. The summed E-state index contributed by atoms with van der Waals surface area (Å²) in [5.41, 5.74) is 17.3. The summed E-state index contributed by atoms with van der Waals surface area (Å²) in [7, 11) is 0. The lowest BCUT2D eigenvalue weighted by Crippen LogP contribution is -2.31. The van der Waals surface area contributed by atoms with Crippen LogP contribution in [0.1, 0.15) is 36.0 Å². The molecule has 1 heterocycles. The smallest absolute Gasteiger partial charge is 0.144 e. The van der Waals surface area contributed by atoms with Crippen LogP contribution in [-0.2, 0) is 5.41 Å². The molecule has 9 aromatic carbocycles. The Morgan fingerprint density at radius 3 is 2.24 bits per heavy atom. The summed E-state index contributed by atoms with van der Waals surface area (Å²) in [6, 6.07) is 75.2. The third-order valence-electron chi connectivity index (χ3n) is 14.2. The van der Waals surface area contributed by atoms with Crippen LogP contribution in [0.15, 0.2) is 246 Å². The van der Waals surface area contributed by atoms with E-state index in [2.05, 4.69) is 229 Å². The number of hydrogen-bond acceptors (Lipinski definition) is 2. The highest BCUT2D eigenvalue weighted by Crippen LogP contribution is 2.59. The van der Waals surface area contributed by atoms with Gasteiger partial charge in [-0.2, -0.15) is 0 Å². The summed E-state index contributed by atoms with van der Waals surface area (Å²) < 4.78 is 6.50. The summed E-state index contributed by atoms with van der Waals surface area (Å²) in [5, 5.41) is 7.00. The molecule has 13 rings (SSSR count). The molecule has 10 aromatic rings. The SMILES string of the molecule is c1ccc2oc3c(-c4ccc(N(C5=CC6=C(CC5)c5ccccc5C6(C5=CCC=CC=C5)c5ccccc5)c5ccccc5-c5cccc6ccc7ccccc7c56)cc4)cccc3c2c#1. The second kappa shape index (κ2) is 15.4. The first-order valence-corrected chi connectivity index (χ1v) is 23.0. The van der Waals surface area contributed by atoms with Crippen molar-refractivity contribution in [1.82, 2.24) is 0 Å². The molecule has 3 aliphatic carbocycles. The van der Waals surface area contributed by atoms with Crippen molar-refractivity contribution in [3.63, 3.8) is 0 Å². The third-order valence-corrected chi connectivity index (χ3v) is 14.2. The zero-order valence-corrected chi connectivity index (χ0v) is 36.3. The van der Waals surface area contributed by atoms with Gasteiger partial charge in [-0.05, 0) is 128 Å². The molecule has 310 valence electrons. The Hall–Kier alpha value is -8.38. The van der Waals surface area contributed by atoms with Crippen LogP contribution in [0.5, 0.6) is 0 Å². The number of para-hydroxylation sites is 2. The minimum Gasteiger partial charge on any atom is -0.455 e. The first kappa shape index (κ1) is 38.1. The van der Waals surface area contributed by atoms with Crippen molar-refractivity contribution in [2.75, 3.05) is 4.90 Å². The largest absolute Gasteiger partial charge is 0.455 e. The second-order valence-electron chi connectivity index (χ2n) is 17.6. The molecular formula is C64H43NO. The van der Waals surface area contributed by atoms with E-state index in [1.165, 1.54) is 71.8 Å². The number of allylic oxidation sites excluding steroid dienone is 10. The third kappa shape index (κ3) is 5.84. The topological polar surface area (TPSA) is 16.4 Å². The zero-order chi connectivity index (χ0) is 43.6. The van der Waals surface area contributed by atoms with Gasteiger partial charge >= 0.3 is 0 Å². The number of benzene rings is 8. The highest BCUT2D eigenvalue weighted by molar-refractivity contribution is 6.15. The first-order valence-electron chi connectivity index (χ1n) is 23.0. The average molecular weight is 842 g/mol. The summed E-state index contributed by atoms with van der Waals surface area (Å²) in [6.07, 6.45) is 16.7. The fraction of sp³-hybridized carbons (Fsp3) is 0.0625. The van der Waals surface area contributed by atoms with E-state index < -0.39 is 5.41 Å². The lowest BCUT2D eigenvalue weighted by Gasteiger charge is -2.38. The molecule has 0 spiro atoms. The lowest BCUT2D eigenvalue weighted by atomic mass is 9.65. The van der Waals surface area contributed by atoms with Crippen molar-refractivity contribution in [2.45, 2.75) is 24.7 Å². The van der Waals surface area contributed by atoms with Gasteiger partial charge in [0.25, 0.3) is 0 Å². The van der Waals surface area contributed by atoms with E-state index in [0.29, 0.717) is 0 Å². The summed E-state index contributed by atoms with van der Waals surface area (Å²) in [4.78, 5) is 2.55.